The molecular weight excluding hydrogens is 191 g/mol. The summed E-state index contributed by atoms with van der Waals surface area (Å²) in [6, 6.07) is 12.6. The molecule has 0 saturated carbocycles. The maximum Gasteiger partial charge on any atom is 0.214 e. The fourth-order valence-electron chi connectivity index (χ4n) is 1.16. The summed E-state index contributed by atoms with van der Waals surface area (Å²) in [7, 11) is 0. The number of rotatable bonds is 2. The summed E-state index contributed by atoms with van der Waals surface area (Å²) in [5.74, 6) is -0.516. The molecule has 74 valence electrons. The first kappa shape index (κ1) is 9.52. The predicted molar refractivity (Wildman–Crippen MR) is 57.9 cm³/mol. The van der Waals surface area contributed by atoms with Crippen LogP contribution < -0.4 is 0 Å². The van der Waals surface area contributed by atoms with Crippen LogP contribution in [0, 0.1) is 5.95 Å². The van der Waals surface area contributed by atoms with E-state index in [2.05, 4.69) is 9.98 Å². The van der Waals surface area contributed by atoms with E-state index < -0.39 is 5.95 Å². The number of benzene rings is 1. The second-order valence-electron chi connectivity index (χ2n) is 3.01. The van der Waals surface area contributed by atoms with Gasteiger partial charge in [-0.2, -0.15) is 4.39 Å². The van der Waals surface area contributed by atoms with Crippen LogP contribution in [0.4, 0.5) is 10.1 Å². The van der Waals surface area contributed by atoms with Crippen molar-refractivity contribution in [1.82, 2.24) is 4.98 Å². The Hall–Kier alpha value is -2.03. The van der Waals surface area contributed by atoms with E-state index in [0.29, 0.717) is 5.69 Å². The summed E-state index contributed by atoms with van der Waals surface area (Å²) >= 11 is 0. The molecule has 0 saturated heterocycles. The van der Waals surface area contributed by atoms with Gasteiger partial charge in [-0.05, 0) is 11.6 Å². The van der Waals surface area contributed by atoms with E-state index in [1.165, 1.54) is 12.3 Å². The topological polar surface area (TPSA) is 25.2 Å². The molecule has 0 unspecified atom stereocenters. The van der Waals surface area contributed by atoms with Gasteiger partial charge in [-0.15, -0.1) is 0 Å². The first-order valence-corrected chi connectivity index (χ1v) is 4.55. The fraction of sp³-hybridized carbons (Fsp3) is 0. The van der Waals surface area contributed by atoms with E-state index >= 15 is 0 Å². The highest BCUT2D eigenvalue weighted by Crippen LogP contribution is 2.10. The number of pyridine rings is 1. The Labute approximate surface area is 87.1 Å². The smallest absolute Gasteiger partial charge is 0.214 e. The lowest BCUT2D eigenvalue weighted by Gasteiger charge is -1.93. The molecule has 3 heteroatoms. The van der Waals surface area contributed by atoms with E-state index in [9.17, 15) is 4.39 Å². The molecule has 0 bridgehead atoms. The Morgan fingerprint density at radius 2 is 1.93 bits per heavy atom. The average Bonchev–Trinajstić information content (AvgIpc) is 2.28. The third-order valence-electron chi connectivity index (χ3n) is 1.87. The van der Waals surface area contributed by atoms with Crippen molar-refractivity contribution >= 4 is 11.9 Å². The van der Waals surface area contributed by atoms with E-state index in [-0.39, 0.29) is 0 Å². The lowest BCUT2D eigenvalue weighted by Crippen LogP contribution is -1.80. The van der Waals surface area contributed by atoms with E-state index in [1.54, 1.807) is 12.3 Å². The molecule has 15 heavy (non-hydrogen) atoms. The number of halogens is 1. The summed E-state index contributed by atoms with van der Waals surface area (Å²) in [5, 5.41) is 0. The Kier molecular flexibility index (Phi) is 2.83. The van der Waals surface area contributed by atoms with Gasteiger partial charge in [0.15, 0.2) is 0 Å². The van der Waals surface area contributed by atoms with Crippen LogP contribution in [-0.2, 0) is 0 Å². The van der Waals surface area contributed by atoms with Gasteiger partial charge in [0.05, 0.1) is 5.69 Å². The molecule has 0 aliphatic carbocycles. The minimum absolute atomic E-state index is 0.516. The quantitative estimate of drug-likeness (QED) is 0.540. The van der Waals surface area contributed by atoms with E-state index in [1.807, 2.05) is 30.3 Å². The molecule has 2 nitrogen and oxygen atoms in total. The molecule has 0 aliphatic heterocycles. The van der Waals surface area contributed by atoms with Gasteiger partial charge < -0.3 is 0 Å². The van der Waals surface area contributed by atoms with Crippen LogP contribution in [0.1, 0.15) is 5.56 Å². The molecule has 0 radical (unpaired) electrons. The Bertz CT molecular complexity index is 466. The zero-order chi connectivity index (χ0) is 10.5. The zero-order valence-corrected chi connectivity index (χ0v) is 7.97. The van der Waals surface area contributed by atoms with Gasteiger partial charge in [0.2, 0.25) is 5.95 Å². The van der Waals surface area contributed by atoms with Crippen molar-refractivity contribution in [1.29, 1.82) is 0 Å². The monoisotopic (exact) mass is 200 g/mol. The minimum Gasteiger partial charge on any atom is -0.256 e. The highest BCUT2D eigenvalue weighted by Gasteiger charge is 1.92. The van der Waals surface area contributed by atoms with Crippen LogP contribution in [-0.4, -0.2) is 11.2 Å². The van der Waals surface area contributed by atoms with Gasteiger partial charge in [0, 0.05) is 18.5 Å². The third-order valence-corrected chi connectivity index (χ3v) is 1.87. The van der Waals surface area contributed by atoms with Crippen molar-refractivity contribution in [2.75, 3.05) is 0 Å². The molecule has 1 heterocycles. The number of aliphatic imine (C=N–C) groups is 1. The number of hydrogen-bond donors (Lipinski definition) is 0. The molecular formula is C12H9FN2. The molecule has 0 atom stereocenters. The standard InChI is InChI=1S/C12H9FN2/c13-12-8-11(6-7-14-12)15-9-10-4-2-1-3-5-10/h1-9H. The minimum atomic E-state index is -0.516. The van der Waals surface area contributed by atoms with Crippen molar-refractivity contribution in [2.24, 2.45) is 4.99 Å². The zero-order valence-electron chi connectivity index (χ0n) is 7.97. The van der Waals surface area contributed by atoms with E-state index in [0.717, 1.165) is 5.56 Å². The maximum absolute atomic E-state index is 12.7. The second-order valence-corrected chi connectivity index (χ2v) is 3.01. The molecule has 1 aromatic heterocycles. The first-order valence-electron chi connectivity index (χ1n) is 4.55. The fourth-order valence-corrected chi connectivity index (χ4v) is 1.16. The van der Waals surface area contributed by atoms with Crippen molar-refractivity contribution in [3.63, 3.8) is 0 Å². The van der Waals surface area contributed by atoms with Crippen LogP contribution in [0.15, 0.2) is 53.7 Å². The van der Waals surface area contributed by atoms with Crippen LogP contribution in [0.5, 0.6) is 0 Å². The lowest BCUT2D eigenvalue weighted by atomic mass is 10.2. The van der Waals surface area contributed by atoms with E-state index in [4.69, 9.17) is 0 Å². The number of nitrogens with zero attached hydrogens (tertiary/aromatic N) is 2. The Balaban J connectivity index is 2.19. The molecule has 1 aromatic carbocycles. The first-order chi connectivity index (χ1) is 7.34. The van der Waals surface area contributed by atoms with Crippen LogP contribution in [0.25, 0.3) is 0 Å². The van der Waals surface area contributed by atoms with Gasteiger partial charge in [-0.25, -0.2) is 4.98 Å². The number of aromatic nitrogens is 1. The molecule has 0 N–H and O–H groups in total. The summed E-state index contributed by atoms with van der Waals surface area (Å²) in [6.07, 6.45) is 3.09. The second kappa shape index (κ2) is 4.46. The van der Waals surface area contributed by atoms with Crippen LogP contribution >= 0.6 is 0 Å². The van der Waals surface area contributed by atoms with Gasteiger partial charge in [0.1, 0.15) is 0 Å². The van der Waals surface area contributed by atoms with Crippen molar-refractivity contribution < 1.29 is 4.39 Å². The highest BCUT2D eigenvalue weighted by molar-refractivity contribution is 5.81. The predicted octanol–water partition coefficient (Wildman–Crippen LogP) is 2.97. The number of hydrogen-bond acceptors (Lipinski definition) is 2. The average molecular weight is 200 g/mol. The molecule has 0 aliphatic rings. The SMILES string of the molecule is Fc1cc(N=Cc2ccccc2)ccn1. The summed E-state index contributed by atoms with van der Waals surface area (Å²) in [5.41, 5.74) is 1.54. The van der Waals surface area contributed by atoms with Gasteiger partial charge >= 0.3 is 0 Å². The maximum atomic E-state index is 12.7. The molecule has 0 fully saturated rings. The summed E-state index contributed by atoms with van der Waals surface area (Å²) in [4.78, 5) is 7.59. The van der Waals surface area contributed by atoms with Crippen molar-refractivity contribution in [3.05, 3.63) is 60.2 Å². The Morgan fingerprint density at radius 1 is 1.13 bits per heavy atom. The lowest BCUT2D eigenvalue weighted by molar-refractivity contribution is 0.584. The van der Waals surface area contributed by atoms with Gasteiger partial charge in [0.25, 0.3) is 0 Å². The molecule has 2 rings (SSSR count). The third kappa shape index (κ3) is 2.71. The summed E-state index contributed by atoms with van der Waals surface area (Å²) < 4.78 is 12.7. The molecule has 0 amide bonds. The van der Waals surface area contributed by atoms with Gasteiger partial charge in [-0.1, -0.05) is 30.3 Å². The molecule has 2 aromatic rings. The highest BCUT2D eigenvalue weighted by atomic mass is 19.1. The normalized spacial score (nSPS) is 10.7. The Morgan fingerprint density at radius 3 is 2.67 bits per heavy atom. The van der Waals surface area contributed by atoms with Crippen LogP contribution in [0.2, 0.25) is 0 Å². The van der Waals surface area contributed by atoms with Crippen molar-refractivity contribution in [2.45, 2.75) is 0 Å². The van der Waals surface area contributed by atoms with Crippen molar-refractivity contribution in [3.8, 4) is 0 Å². The van der Waals surface area contributed by atoms with Crippen LogP contribution in [0.3, 0.4) is 0 Å². The molecule has 0 spiro atoms. The van der Waals surface area contributed by atoms with Gasteiger partial charge in [-0.3, -0.25) is 4.99 Å². The summed E-state index contributed by atoms with van der Waals surface area (Å²) in [6.45, 7) is 0. The largest absolute Gasteiger partial charge is 0.256 e.